The van der Waals surface area contributed by atoms with Crippen LogP contribution in [0, 0.1) is 5.82 Å². The second-order valence-electron chi connectivity index (χ2n) is 3.30. The quantitative estimate of drug-likeness (QED) is 0.818. The van der Waals surface area contributed by atoms with Crippen molar-refractivity contribution in [3.63, 3.8) is 0 Å². The molecule has 1 aromatic carbocycles. The Kier molecular flexibility index (Phi) is 2.91. The van der Waals surface area contributed by atoms with E-state index in [9.17, 15) is 9.18 Å². The van der Waals surface area contributed by atoms with Gasteiger partial charge in [-0.15, -0.1) is 0 Å². The molecule has 1 aliphatic heterocycles. The fourth-order valence-corrected chi connectivity index (χ4v) is 1.88. The average molecular weight is 286 g/mol. The Bertz CT molecular complexity index is 475. The van der Waals surface area contributed by atoms with Crippen molar-refractivity contribution in [2.24, 2.45) is 4.99 Å². The van der Waals surface area contributed by atoms with Crippen molar-refractivity contribution in [1.82, 2.24) is 10.6 Å². The van der Waals surface area contributed by atoms with Crippen LogP contribution in [-0.4, -0.2) is 18.9 Å². The first kappa shape index (κ1) is 11.1. The van der Waals surface area contributed by atoms with Crippen molar-refractivity contribution >= 4 is 27.8 Å². The van der Waals surface area contributed by atoms with E-state index in [1.165, 1.54) is 6.07 Å². The zero-order chi connectivity index (χ0) is 11.7. The molecule has 1 heterocycles. The van der Waals surface area contributed by atoms with Gasteiger partial charge in [-0.1, -0.05) is 15.9 Å². The molecule has 6 heteroatoms. The van der Waals surface area contributed by atoms with Gasteiger partial charge in [0.05, 0.1) is 0 Å². The van der Waals surface area contributed by atoms with Crippen LogP contribution in [0.25, 0.3) is 0 Å². The van der Waals surface area contributed by atoms with Crippen LogP contribution in [0.1, 0.15) is 11.6 Å². The highest BCUT2D eigenvalue weighted by molar-refractivity contribution is 9.10. The third-order valence-electron chi connectivity index (χ3n) is 2.28. The summed E-state index contributed by atoms with van der Waals surface area (Å²) < 4.78 is 14.3. The highest BCUT2D eigenvalue weighted by Crippen LogP contribution is 2.23. The molecule has 1 aromatic rings. The number of carbonyl (C=O) groups is 1. The van der Waals surface area contributed by atoms with E-state index >= 15 is 0 Å². The molecule has 0 spiro atoms. The molecule has 0 aromatic heterocycles. The number of rotatable bonds is 1. The summed E-state index contributed by atoms with van der Waals surface area (Å²) in [5, 5.41) is 5.32. The van der Waals surface area contributed by atoms with E-state index in [0.717, 1.165) is 4.47 Å². The standard InChI is InChI=1S/C10H9BrFN3O/c1-13-10-14-8(9(16)15-10)6-4-5(11)2-3-7(6)12/h2-4,8H,1H3,(H2,13,14,15,16). The number of hydrogen-bond donors (Lipinski definition) is 2. The summed E-state index contributed by atoms with van der Waals surface area (Å²) in [5.41, 5.74) is 0.297. The van der Waals surface area contributed by atoms with Crippen LogP contribution in [0.15, 0.2) is 27.7 Å². The first-order chi connectivity index (χ1) is 7.61. The lowest BCUT2D eigenvalue weighted by molar-refractivity contribution is -0.120. The zero-order valence-electron chi connectivity index (χ0n) is 8.42. The molecule has 0 bridgehead atoms. The lowest BCUT2D eigenvalue weighted by atomic mass is 10.1. The zero-order valence-corrected chi connectivity index (χ0v) is 10.0. The summed E-state index contributed by atoms with van der Waals surface area (Å²) >= 11 is 3.24. The fourth-order valence-electron chi connectivity index (χ4n) is 1.50. The molecule has 0 aliphatic carbocycles. The average Bonchev–Trinajstić information content (AvgIpc) is 2.63. The predicted octanol–water partition coefficient (Wildman–Crippen LogP) is 1.33. The number of hydrogen-bond acceptors (Lipinski definition) is 2. The molecule has 4 nitrogen and oxygen atoms in total. The number of halogens is 2. The summed E-state index contributed by atoms with van der Waals surface area (Å²) in [4.78, 5) is 15.4. The van der Waals surface area contributed by atoms with Gasteiger partial charge in [-0.05, 0) is 18.2 Å². The van der Waals surface area contributed by atoms with Crippen molar-refractivity contribution in [3.05, 3.63) is 34.1 Å². The first-order valence-electron chi connectivity index (χ1n) is 4.61. The molecule has 84 valence electrons. The minimum Gasteiger partial charge on any atom is -0.340 e. The first-order valence-corrected chi connectivity index (χ1v) is 5.40. The van der Waals surface area contributed by atoms with E-state index in [-0.39, 0.29) is 5.91 Å². The van der Waals surface area contributed by atoms with Crippen LogP contribution in [-0.2, 0) is 4.79 Å². The lowest BCUT2D eigenvalue weighted by Gasteiger charge is -2.09. The molecular weight excluding hydrogens is 277 g/mol. The molecule has 2 rings (SSSR count). The van der Waals surface area contributed by atoms with Gasteiger partial charge in [-0.3, -0.25) is 15.1 Å². The third kappa shape index (κ3) is 1.92. The Labute approximate surface area is 100 Å². The highest BCUT2D eigenvalue weighted by atomic mass is 79.9. The van der Waals surface area contributed by atoms with Gasteiger partial charge >= 0.3 is 0 Å². The van der Waals surface area contributed by atoms with E-state index in [1.807, 2.05) is 0 Å². The van der Waals surface area contributed by atoms with Crippen LogP contribution in [0.3, 0.4) is 0 Å². The molecule has 1 atom stereocenters. The van der Waals surface area contributed by atoms with Crippen molar-refractivity contribution in [3.8, 4) is 0 Å². The van der Waals surface area contributed by atoms with Crippen LogP contribution in [0.2, 0.25) is 0 Å². The summed E-state index contributed by atoms with van der Waals surface area (Å²) in [5.74, 6) is -0.375. The highest BCUT2D eigenvalue weighted by Gasteiger charge is 2.31. The second kappa shape index (κ2) is 4.21. The number of guanidine groups is 1. The molecule has 0 radical (unpaired) electrons. The van der Waals surface area contributed by atoms with Gasteiger partial charge in [-0.25, -0.2) is 4.39 Å². The number of nitrogens with zero attached hydrogens (tertiary/aromatic N) is 1. The van der Waals surface area contributed by atoms with E-state index in [2.05, 4.69) is 31.6 Å². The fraction of sp³-hybridized carbons (Fsp3) is 0.200. The van der Waals surface area contributed by atoms with Gasteiger partial charge in [0.1, 0.15) is 11.9 Å². The molecule has 16 heavy (non-hydrogen) atoms. The largest absolute Gasteiger partial charge is 0.340 e. The molecule has 1 saturated heterocycles. The summed E-state index contributed by atoms with van der Waals surface area (Å²) in [7, 11) is 1.54. The molecule has 1 fully saturated rings. The maximum atomic E-state index is 13.5. The van der Waals surface area contributed by atoms with Gasteiger partial charge in [0.25, 0.3) is 5.91 Å². The maximum Gasteiger partial charge on any atom is 0.254 e. The lowest BCUT2D eigenvalue weighted by Crippen LogP contribution is -2.24. The van der Waals surface area contributed by atoms with Gasteiger partial charge in [0.15, 0.2) is 5.96 Å². The number of nitrogens with one attached hydrogen (secondary N) is 2. The Hall–Kier alpha value is -1.43. The minimum absolute atomic E-state index is 0.297. The van der Waals surface area contributed by atoms with E-state index in [0.29, 0.717) is 11.5 Å². The van der Waals surface area contributed by atoms with Gasteiger partial charge < -0.3 is 5.32 Å². The van der Waals surface area contributed by atoms with Crippen LogP contribution in [0.4, 0.5) is 4.39 Å². The number of benzene rings is 1. The molecule has 1 amide bonds. The number of aliphatic imine (C=N–C) groups is 1. The molecule has 0 saturated carbocycles. The molecule has 1 aliphatic rings. The van der Waals surface area contributed by atoms with Crippen LogP contribution in [0.5, 0.6) is 0 Å². The smallest absolute Gasteiger partial charge is 0.254 e. The van der Waals surface area contributed by atoms with Crippen molar-refractivity contribution in [2.75, 3.05) is 7.05 Å². The van der Waals surface area contributed by atoms with Crippen LogP contribution >= 0.6 is 15.9 Å². The van der Waals surface area contributed by atoms with E-state index in [4.69, 9.17) is 0 Å². The SMILES string of the molecule is CN=C1NC(=O)C(c2cc(Br)ccc2F)N1. The normalized spacial score (nSPS) is 22.1. The van der Waals surface area contributed by atoms with Gasteiger partial charge in [0.2, 0.25) is 0 Å². The summed E-state index contributed by atoms with van der Waals surface area (Å²) in [6.07, 6.45) is 0. The molecule has 1 unspecified atom stereocenters. The summed E-state index contributed by atoms with van der Waals surface area (Å²) in [6.45, 7) is 0. The number of amides is 1. The second-order valence-corrected chi connectivity index (χ2v) is 4.22. The molecular formula is C10H9BrFN3O. The Morgan fingerprint density at radius 2 is 2.25 bits per heavy atom. The van der Waals surface area contributed by atoms with Gasteiger partial charge in [-0.2, -0.15) is 0 Å². The summed E-state index contributed by atoms with van der Waals surface area (Å²) in [6, 6.07) is 3.75. The van der Waals surface area contributed by atoms with Crippen LogP contribution < -0.4 is 10.6 Å². The van der Waals surface area contributed by atoms with Crippen molar-refractivity contribution in [1.29, 1.82) is 0 Å². The third-order valence-corrected chi connectivity index (χ3v) is 2.77. The number of carbonyl (C=O) groups excluding carboxylic acids is 1. The molecule has 2 N–H and O–H groups in total. The van der Waals surface area contributed by atoms with E-state index < -0.39 is 11.9 Å². The Balaban J connectivity index is 2.38. The van der Waals surface area contributed by atoms with Crippen molar-refractivity contribution in [2.45, 2.75) is 6.04 Å². The van der Waals surface area contributed by atoms with E-state index in [1.54, 1.807) is 19.2 Å². The minimum atomic E-state index is -0.726. The van der Waals surface area contributed by atoms with Crippen molar-refractivity contribution < 1.29 is 9.18 Å². The Morgan fingerprint density at radius 1 is 1.50 bits per heavy atom. The van der Waals surface area contributed by atoms with Gasteiger partial charge in [0, 0.05) is 17.1 Å². The Morgan fingerprint density at radius 3 is 2.88 bits per heavy atom. The predicted molar refractivity (Wildman–Crippen MR) is 61.5 cm³/mol. The maximum absolute atomic E-state index is 13.5. The topological polar surface area (TPSA) is 53.5 Å². The monoisotopic (exact) mass is 285 g/mol.